The molecule has 0 unspecified atom stereocenters. The van der Waals surface area contributed by atoms with Gasteiger partial charge in [0.25, 0.3) is 6.08 Å². The van der Waals surface area contributed by atoms with E-state index in [4.69, 9.17) is 0 Å². The van der Waals surface area contributed by atoms with Gasteiger partial charge in [-0.2, -0.15) is 8.78 Å². The molecule has 4 aromatic rings. The molecule has 0 aliphatic heterocycles. The lowest BCUT2D eigenvalue weighted by molar-refractivity contribution is 0.428. The predicted molar refractivity (Wildman–Crippen MR) is 128 cm³/mol. The molecule has 0 aliphatic carbocycles. The third kappa shape index (κ3) is 5.05. The van der Waals surface area contributed by atoms with Crippen LogP contribution in [0, 0.1) is 29.1 Å². The Bertz CT molecular complexity index is 1490. The summed E-state index contributed by atoms with van der Waals surface area (Å²) in [7, 11) is 0. The van der Waals surface area contributed by atoms with Crippen molar-refractivity contribution in [3.63, 3.8) is 0 Å². The zero-order valence-electron chi connectivity index (χ0n) is 19.0. The molecule has 0 bridgehead atoms. The average molecular weight is 500 g/mol. The summed E-state index contributed by atoms with van der Waals surface area (Å²) in [5.41, 5.74) is -0.489. The summed E-state index contributed by atoms with van der Waals surface area (Å²) in [5.74, 6) is -4.79. The van der Waals surface area contributed by atoms with Crippen LogP contribution in [0.2, 0.25) is 0 Å². The van der Waals surface area contributed by atoms with E-state index in [9.17, 15) is 26.3 Å². The fourth-order valence-corrected chi connectivity index (χ4v) is 4.12. The van der Waals surface area contributed by atoms with Gasteiger partial charge >= 0.3 is 0 Å². The molecule has 0 nitrogen and oxygen atoms in total. The molecule has 0 saturated heterocycles. The van der Waals surface area contributed by atoms with E-state index >= 15 is 4.39 Å². The topological polar surface area (TPSA) is 0 Å². The van der Waals surface area contributed by atoms with Gasteiger partial charge in [0.2, 0.25) is 0 Å². The Kier molecular flexibility index (Phi) is 7.29. The molecule has 0 atom stereocenters. The van der Waals surface area contributed by atoms with Gasteiger partial charge < -0.3 is 0 Å². The highest BCUT2D eigenvalue weighted by Crippen LogP contribution is 2.34. The molecule has 36 heavy (non-hydrogen) atoms. The van der Waals surface area contributed by atoms with Crippen molar-refractivity contribution in [1.29, 1.82) is 0 Å². The minimum absolute atomic E-state index is 0.00573. The first-order chi connectivity index (χ1) is 17.2. The van der Waals surface area contributed by atoms with Gasteiger partial charge in [0.15, 0.2) is 0 Å². The van der Waals surface area contributed by atoms with Gasteiger partial charge in [-0.05, 0) is 72.2 Å². The molecule has 0 N–H and O–H groups in total. The molecule has 0 amide bonds. The lowest BCUT2D eigenvalue weighted by atomic mass is 9.95. The van der Waals surface area contributed by atoms with Gasteiger partial charge in [0.05, 0.1) is 11.1 Å². The van der Waals surface area contributed by atoms with E-state index < -0.39 is 40.7 Å². The fraction of sp³-hybridized carbons (Fsp3) is 0.103. The van der Waals surface area contributed by atoms with E-state index in [1.165, 1.54) is 42.5 Å². The van der Waals surface area contributed by atoms with Gasteiger partial charge in [-0.15, -0.1) is 0 Å². The maximum Gasteiger partial charge on any atom is 0.271 e. The summed E-state index contributed by atoms with van der Waals surface area (Å²) in [5, 5.41) is -0.0867. The van der Waals surface area contributed by atoms with Crippen LogP contribution in [-0.4, -0.2) is 0 Å². The van der Waals surface area contributed by atoms with Crippen LogP contribution in [0.3, 0.4) is 0 Å². The number of hydrogen-bond acceptors (Lipinski definition) is 0. The van der Waals surface area contributed by atoms with Gasteiger partial charge in [-0.25, -0.2) is 22.0 Å². The Morgan fingerprint density at radius 1 is 0.750 bits per heavy atom. The largest absolute Gasteiger partial charge is 0.271 e. The van der Waals surface area contributed by atoms with Gasteiger partial charge in [-0.3, -0.25) is 0 Å². The Hall–Kier alpha value is -3.87. The standard InChI is InChI=1S/C29H19F7/c1-2-3-4-5-16-10-25(32)28(26(33)11-16)18-7-8-20(23(30)13-18)17-6-9-21-19(12-17)14-24(31)22(29(21)36)15-27(34)35/h2-3,6-15H,4-5H2,1H3/b3-2+. The number of hydrogen-bond donors (Lipinski definition) is 0. The number of allylic oxidation sites excluding steroid dienone is 2. The lowest BCUT2D eigenvalue weighted by Gasteiger charge is -2.11. The summed E-state index contributed by atoms with van der Waals surface area (Å²) in [6, 6.07) is 10.9. The van der Waals surface area contributed by atoms with Crippen molar-refractivity contribution < 1.29 is 30.7 Å². The first-order valence-corrected chi connectivity index (χ1v) is 11.0. The molecule has 7 heteroatoms. The van der Waals surface area contributed by atoms with Crippen LogP contribution in [0.5, 0.6) is 0 Å². The summed E-state index contributed by atoms with van der Waals surface area (Å²) >= 11 is 0. The van der Waals surface area contributed by atoms with Gasteiger partial charge in [0.1, 0.15) is 29.1 Å². The normalized spacial score (nSPS) is 11.4. The van der Waals surface area contributed by atoms with E-state index in [0.29, 0.717) is 18.4 Å². The Balaban J connectivity index is 1.71. The lowest BCUT2D eigenvalue weighted by Crippen LogP contribution is -1.96. The van der Waals surface area contributed by atoms with Crippen LogP contribution < -0.4 is 0 Å². The van der Waals surface area contributed by atoms with Crippen molar-refractivity contribution in [2.75, 3.05) is 0 Å². The molecule has 0 saturated carbocycles. The van der Waals surface area contributed by atoms with Crippen LogP contribution in [-0.2, 0) is 6.42 Å². The Labute approximate surface area is 203 Å². The van der Waals surface area contributed by atoms with Crippen molar-refractivity contribution in [1.82, 2.24) is 0 Å². The van der Waals surface area contributed by atoms with Crippen molar-refractivity contribution in [3.8, 4) is 22.3 Å². The molecule has 4 aromatic carbocycles. The maximum atomic E-state index is 15.0. The SMILES string of the molecule is C/C=C/CCc1cc(F)c(-c2ccc(-c3ccc4c(F)c(C=C(F)F)c(F)cc4c3)c(F)c2)c(F)c1. The van der Waals surface area contributed by atoms with Crippen LogP contribution >= 0.6 is 0 Å². The molecule has 0 spiro atoms. The number of fused-ring (bicyclic) bond motifs is 1. The predicted octanol–water partition coefficient (Wildman–Crippen LogP) is 9.62. The maximum absolute atomic E-state index is 15.0. The van der Waals surface area contributed by atoms with Crippen LogP contribution in [0.15, 0.2) is 72.8 Å². The molecule has 0 fully saturated rings. The number of benzene rings is 4. The van der Waals surface area contributed by atoms with Crippen LogP contribution in [0.1, 0.15) is 24.5 Å². The molecule has 4 rings (SSSR count). The minimum atomic E-state index is -2.25. The summed E-state index contributed by atoms with van der Waals surface area (Å²) in [6.45, 7) is 1.85. The number of aryl methyl sites for hydroxylation is 1. The van der Waals surface area contributed by atoms with E-state index in [0.717, 1.165) is 12.1 Å². The first-order valence-electron chi connectivity index (χ1n) is 11.0. The van der Waals surface area contributed by atoms with E-state index in [1.54, 1.807) is 0 Å². The second kappa shape index (κ2) is 10.4. The molecular weight excluding hydrogens is 481 g/mol. The van der Waals surface area contributed by atoms with Crippen molar-refractivity contribution in [3.05, 3.63) is 113 Å². The highest BCUT2D eigenvalue weighted by molar-refractivity contribution is 5.90. The van der Waals surface area contributed by atoms with Crippen molar-refractivity contribution in [2.24, 2.45) is 0 Å². The van der Waals surface area contributed by atoms with Crippen LogP contribution in [0.4, 0.5) is 30.7 Å². The van der Waals surface area contributed by atoms with Gasteiger partial charge in [-0.1, -0.05) is 36.4 Å². The van der Waals surface area contributed by atoms with Crippen molar-refractivity contribution >= 4 is 16.8 Å². The Morgan fingerprint density at radius 3 is 2.08 bits per heavy atom. The first kappa shape index (κ1) is 25.2. The molecule has 0 aliphatic rings. The van der Waals surface area contributed by atoms with Gasteiger partial charge in [0, 0.05) is 17.0 Å². The third-order valence-corrected chi connectivity index (χ3v) is 5.82. The van der Waals surface area contributed by atoms with Crippen molar-refractivity contribution in [2.45, 2.75) is 19.8 Å². The fourth-order valence-electron chi connectivity index (χ4n) is 4.12. The van der Waals surface area contributed by atoms with E-state index in [1.807, 2.05) is 19.1 Å². The number of halogens is 7. The zero-order valence-corrected chi connectivity index (χ0v) is 19.0. The quantitative estimate of drug-likeness (QED) is 0.183. The smallest absolute Gasteiger partial charge is 0.206 e. The minimum Gasteiger partial charge on any atom is -0.206 e. The monoisotopic (exact) mass is 500 g/mol. The third-order valence-electron chi connectivity index (χ3n) is 5.82. The average Bonchev–Trinajstić information content (AvgIpc) is 2.81. The van der Waals surface area contributed by atoms with E-state index in [2.05, 4.69) is 0 Å². The highest BCUT2D eigenvalue weighted by Gasteiger charge is 2.18. The second-order valence-electron chi connectivity index (χ2n) is 8.19. The molecule has 0 heterocycles. The zero-order chi connectivity index (χ0) is 26.0. The highest BCUT2D eigenvalue weighted by atomic mass is 19.3. The molecular formula is C29H19F7. The molecule has 0 radical (unpaired) electrons. The molecule has 184 valence electrons. The van der Waals surface area contributed by atoms with Crippen LogP contribution in [0.25, 0.3) is 39.1 Å². The van der Waals surface area contributed by atoms with E-state index in [-0.39, 0.29) is 39.1 Å². The summed E-state index contributed by atoms with van der Waals surface area (Å²) in [4.78, 5) is 0. The molecule has 0 aromatic heterocycles. The summed E-state index contributed by atoms with van der Waals surface area (Å²) in [6.07, 6.45) is 2.66. The number of rotatable bonds is 6. The second-order valence-corrected chi connectivity index (χ2v) is 8.19. The Morgan fingerprint density at radius 2 is 1.44 bits per heavy atom. The summed E-state index contributed by atoms with van der Waals surface area (Å²) < 4.78 is 98.3.